The van der Waals surface area contributed by atoms with E-state index in [4.69, 9.17) is 5.73 Å². The first-order valence-corrected chi connectivity index (χ1v) is 9.96. The molecule has 3 amide bonds. The smallest absolute Gasteiger partial charge is 0.250 e. The third kappa shape index (κ3) is 5.58. The summed E-state index contributed by atoms with van der Waals surface area (Å²) in [7, 11) is 0. The van der Waals surface area contributed by atoms with Crippen molar-refractivity contribution in [3.63, 3.8) is 0 Å². The number of para-hydroxylation sites is 1. The van der Waals surface area contributed by atoms with E-state index in [0.717, 1.165) is 11.3 Å². The standard InChI is InChI=1S/C20H22N4O3S/c21-19(27)15-8-4-5-9-16(15)23-17(25)10-14-11-18(26)24-20(22-14)28-12-13-6-2-1-3-7-13/h1-9,14,20,22H,10-12H2,(H2,21,27)(H,23,25)(H,24,26). The van der Waals surface area contributed by atoms with Crippen molar-refractivity contribution < 1.29 is 14.4 Å². The molecule has 1 aliphatic heterocycles. The van der Waals surface area contributed by atoms with E-state index in [2.05, 4.69) is 16.0 Å². The van der Waals surface area contributed by atoms with Gasteiger partial charge in [-0.05, 0) is 17.7 Å². The molecule has 1 aliphatic rings. The highest BCUT2D eigenvalue weighted by Gasteiger charge is 2.27. The maximum Gasteiger partial charge on any atom is 0.250 e. The van der Waals surface area contributed by atoms with Crippen LogP contribution in [0.1, 0.15) is 28.8 Å². The van der Waals surface area contributed by atoms with E-state index < -0.39 is 5.91 Å². The van der Waals surface area contributed by atoms with Gasteiger partial charge in [0, 0.05) is 24.6 Å². The fraction of sp³-hybridized carbons (Fsp3) is 0.250. The van der Waals surface area contributed by atoms with Crippen LogP contribution in [0.3, 0.4) is 0 Å². The summed E-state index contributed by atoms with van der Waals surface area (Å²) in [5.41, 5.74) is 6.85. The van der Waals surface area contributed by atoms with Gasteiger partial charge in [-0.2, -0.15) is 0 Å². The maximum atomic E-state index is 12.4. The van der Waals surface area contributed by atoms with Crippen molar-refractivity contribution in [2.75, 3.05) is 5.32 Å². The second kappa shape index (κ2) is 9.38. The molecule has 0 bridgehead atoms. The van der Waals surface area contributed by atoms with Gasteiger partial charge in [-0.25, -0.2) is 0 Å². The molecule has 2 aromatic rings. The van der Waals surface area contributed by atoms with Crippen molar-refractivity contribution >= 4 is 35.2 Å². The average Bonchev–Trinajstić information content (AvgIpc) is 2.67. The van der Waals surface area contributed by atoms with Crippen LogP contribution in [0.25, 0.3) is 0 Å². The predicted octanol–water partition coefficient (Wildman–Crippen LogP) is 1.81. The molecule has 0 aliphatic carbocycles. The Morgan fingerprint density at radius 3 is 2.57 bits per heavy atom. The lowest BCUT2D eigenvalue weighted by Gasteiger charge is -2.31. The van der Waals surface area contributed by atoms with Crippen LogP contribution < -0.4 is 21.7 Å². The number of hydrogen-bond acceptors (Lipinski definition) is 5. The molecule has 0 saturated carbocycles. The fourth-order valence-corrected chi connectivity index (χ4v) is 4.01. The van der Waals surface area contributed by atoms with E-state index in [9.17, 15) is 14.4 Å². The molecular formula is C20H22N4O3S. The van der Waals surface area contributed by atoms with E-state index in [1.807, 2.05) is 30.3 Å². The molecule has 0 aromatic heterocycles. The number of nitrogens with one attached hydrogen (secondary N) is 3. The first kappa shape index (κ1) is 19.9. The fourth-order valence-electron chi connectivity index (χ4n) is 2.95. The number of carbonyl (C=O) groups excluding carboxylic acids is 3. The number of amides is 3. The van der Waals surface area contributed by atoms with Crippen LogP contribution in [0.5, 0.6) is 0 Å². The molecule has 3 rings (SSSR count). The summed E-state index contributed by atoms with van der Waals surface area (Å²) >= 11 is 1.56. The van der Waals surface area contributed by atoms with E-state index in [1.54, 1.807) is 36.0 Å². The minimum absolute atomic E-state index is 0.0975. The normalized spacial score (nSPS) is 18.9. The summed E-state index contributed by atoms with van der Waals surface area (Å²) in [5, 5.41) is 8.88. The molecule has 2 unspecified atom stereocenters. The monoisotopic (exact) mass is 398 g/mol. The second-order valence-corrected chi connectivity index (χ2v) is 7.57. The maximum absolute atomic E-state index is 12.4. The zero-order valence-corrected chi connectivity index (χ0v) is 16.0. The average molecular weight is 398 g/mol. The van der Waals surface area contributed by atoms with Crippen molar-refractivity contribution in [3.05, 3.63) is 65.7 Å². The summed E-state index contributed by atoms with van der Waals surface area (Å²) in [4.78, 5) is 35.9. The minimum atomic E-state index is -0.608. The van der Waals surface area contributed by atoms with Crippen LogP contribution in [-0.4, -0.2) is 29.3 Å². The highest BCUT2D eigenvalue weighted by molar-refractivity contribution is 7.99. The Morgan fingerprint density at radius 2 is 1.82 bits per heavy atom. The number of carbonyl (C=O) groups is 3. The van der Waals surface area contributed by atoms with Crippen molar-refractivity contribution in [1.82, 2.24) is 10.6 Å². The Morgan fingerprint density at radius 1 is 1.11 bits per heavy atom. The lowest BCUT2D eigenvalue weighted by Crippen LogP contribution is -2.55. The van der Waals surface area contributed by atoms with E-state index in [-0.39, 0.29) is 41.8 Å². The summed E-state index contributed by atoms with van der Waals surface area (Å²) in [6.07, 6.45) is 0.330. The summed E-state index contributed by atoms with van der Waals surface area (Å²) < 4.78 is 0. The molecule has 7 nitrogen and oxygen atoms in total. The van der Waals surface area contributed by atoms with Gasteiger partial charge in [0.05, 0.1) is 11.3 Å². The molecule has 2 aromatic carbocycles. The zero-order chi connectivity index (χ0) is 19.9. The van der Waals surface area contributed by atoms with Crippen molar-refractivity contribution in [2.24, 2.45) is 5.73 Å². The van der Waals surface area contributed by atoms with Gasteiger partial charge < -0.3 is 16.4 Å². The molecular weight excluding hydrogens is 376 g/mol. The third-order valence-corrected chi connectivity index (χ3v) is 5.36. The second-order valence-electron chi connectivity index (χ2n) is 6.47. The first-order chi connectivity index (χ1) is 13.5. The third-order valence-electron chi connectivity index (χ3n) is 4.27. The SMILES string of the molecule is NC(=O)c1ccccc1NC(=O)CC1CC(=O)NC(SCc2ccccc2)N1. The number of rotatable bonds is 7. The van der Waals surface area contributed by atoms with Crippen LogP contribution in [0, 0.1) is 0 Å². The Labute approximate surface area is 167 Å². The number of primary amides is 1. The van der Waals surface area contributed by atoms with Gasteiger partial charge in [0.25, 0.3) is 5.91 Å². The number of benzene rings is 2. The Bertz CT molecular complexity index is 860. The summed E-state index contributed by atoms with van der Waals surface area (Å²) in [6.45, 7) is 0. The van der Waals surface area contributed by atoms with Gasteiger partial charge in [0.2, 0.25) is 11.8 Å². The molecule has 2 atom stereocenters. The quantitative estimate of drug-likeness (QED) is 0.568. The highest BCUT2D eigenvalue weighted by Crippen LogP contribution is 2.20. The minimum Gasteiger partial charge on any atom is -0.366 e. The number of nitrogens with two attached hydrogens (primary N) is 1. The van der Waals surface area contributed by atoms with Crippen LogP contribution in [0.4, 0.5) is 5.69 Å². The molecule has 1 fully saturated rings. The largest absolute Gasteiger partial charge is 0.366 e. The molecule has 1 saturated heterocycles. The lowest BCUT2D eigenvalue weighted by molar-refractivity contribution is -0.124. The van der Waals surface area contributed by atoms with Gasteiger partial charge in [0.15, 0.2) is 0 Å². The van der Waals surface area contributed by atoms with Crippen molar-refractivity contribution in [1.29, 1.82) is 0 Å². The van der Waals surface area contributed by atoms with Gasteiger partial charge in [-0.15, -0.1) is 11.8 Å². The molecule has 146 valence electrons. The molecule has 8 heteroatoms. The number of anilines is 1. The molecule has 1 heterocycles. The predicted molar refractivity (Wildman–Crippen MR) is 109 cm³/mol. The van der Waals surface area contributed by atoms with E-state index in [1.165, 1.54) is 0 Å². The topological polar surface area (TPSA) is 113 Å². The Kier molecular flexibility index (Phi) is 6.67. The van der Waals surface area contributed by atoms with Crippen LogP contribution >= 0.6 is 11.8 Å². The molecule has 28 heavy (non-hydrogen) atoms. The van der Waals surface area contributed by atoms with Crippen LogP contribution in [0.2, 0.25) is 0 Å². The Balaban J connectivity index is 1.55. The molecule has 5 N–H and O–H groups in total. The van der Waals surface area contributed by atoms with E-state index in [0.29, 0.717) is 5.69 Å². The highest BCUT2D eigenvalue weighted by atomic mass is 32.2. The summed E-state index contributed by atoms with van der Waals surface area (Å²) in [6, 6.07) is 16.2. The van der Waals surface area contributed by atoms with Crippen LogP contribution in [-0.2, 0) is 15.3 Å². The summed E-state index contributed by atoms with van der Waals surface area (Å²) in [5.74, 6) is -0.250. The molecule has 0 radical (unpaired) electrons. The van der Waals surface area contributed by atoms with Crippen LogP contribution in [0.15, 0.2) is 54.6 Å². The van der Waals surface area contributed by atoms with Crippen molar-refractivity contribution in [2.45, 2.75) is 30.1 Å². The van der Waals surface area contributed by atoms with Gasteiger partial charge in [-0.3, -0.25) is 19.7 Å². The number of thioether (sulfide) groups is 1. The number of hydrogen-bond donors (Lipinski definition) is 4. The Hall–Kier alpha value is -2.84. The van der Waals surface area contributed by atoms with Crippen molar-refractivity contribution in [3.8, 4) is 0 Å². The zero-order valence-electron chi connectivity index (χ0n) is 15.2. The lowest BCUT2D eigenvalue weighted by atomic mass is 10.1. The molecule has 0 spiro atoms. The van der Waals surface area contributed by atoms with Gasteiger partial charge in [0.1, 0.15) is 5.50 Å². The van der Waals surface area contributed by atoms with E-state index >= 15 is 0 Å². The van der Waals surface area contributed by atoms with Gasteiger partial charge in [-0.1, -0.05) is 42.5 Å². The van der Waals surface area contributed by atoms with Gasteiger partial charge >= 0.3 is 0 Å². The first-order valence-electron chi connectivity index (χ1n) is 8.91.